The molecule has 1 amide bonds. The Morgan fingerprint density at radius 1 is 1.50 bits per heavy atom. The number of ether oxygens (including phenoxy) is 1. The predicted molar refractivity (Wildman–Crippen MR) is 66.8 cm³/mol. The summed E-state index contributed by atoms with van der Waals surface area (Å²) in [7, 11) is 0. The van der Waals surface area contributed by atoms with Gasteiger partial charge in [0.25, 0.3) is 0 Å². The Bertz CT molecular complexity index is 453. The molecule has 0 aromatic heterocycles. The van der Waals surface area contributed by atoms with E-state index >= 15 is 0 Å². The van der Waals surface area contributed by atoms with E-state index in [4.69, 9.17) is 4.74 Å². The molecule has 2 rings (SSSR count). The number of carbonyl (C=O) groups is 1. The van der Waals surface area contributed by atoms with Crippen molar-refractivity contribution in [2.24, 2.45) is 0 Å². The van der Waals surface area contributed by atoms with Crippen LogP contribution in [0.25, 0.3) is 0 Å². The molecule has 1 aromatic rings. The molecule has 0 radical (unpaired) electrons. The third kappa shape index (κ3) is 2.69. The minimum Gasteiger partial charge on any atom is -0.375 e. The van der Waals surface area contributed by atoms with Gasteiger partial charge in [-0.1, -0.05) is 30.3 Å². The van der Waals surface area contributed by atoms with Crippen LogP contribution in [-0.4, -0.2) is 36.6 Å². The monoisotopic (exact) mass is 244 g/mol. The van der Waals surface area contributed by atoms with Gasteiger partial charge in [-0.3, -0.25) is 4.79 Å². The van der Waals surface area contributed by atoms with Crippen molar-refractivity contribution in [2.75, 3.05) is 19.7 Å². The Hall–Kier alpha value is -1.86. The van der Waals surface area contributed by atoms with E-state index in [1.165, 1.54) is 0 Å². The van der Waals surface area contributed by atoms with E-state index in [2.05, 4.69) is 6.07 Å². The number of morpholine rings is 1. The van der Waals surface area contributed by atoms with Crippen LogP contribution in [-0.2, 0) is 9.53 Å². The van der Waals surface area contributed by atoms with Crippen molar-refractivity contribution in [1.82, 2.24) is 4.90 Å². The number of rotatable bonds is 2. The Balaban J connectivity index is 2.14. The van der Waals surface area contributed by atoms with Crippen molar-refractivity contribution in [2.45, 2.75) is 18.9 Å². The van der Waals surface area contributed by atoms with E-state index in [1.807, 2.05) is 37.3 Å². The maximum Gasteiger partial charge on any atom is 0.244 e. The second kappa shape index (κ2) is 5.65. The van der Waals surface area contributed by atoms with E-state index in [1.54, 1.807) is 4.90 Å². The van der Waals surface area contributed by atoms with Gasteiger partial charge in [-0.25, -0.2) is 0 Å². The summed E-state index contributed by atoms with van der Waals surface area (Å²) < 4.78 is 5.40. The molecule has 4 nitrogen and oxygen atoms in total. The normalized spacial score (nSPS) is 21.1. The van der Waals surface area contributed by atoms with Gasteiger partial charge in [-0.2, -0.15) is 5.26 Å². The molecule has 0 spiro atoms. The van der Waals surface area contributed by atoms with Gasteiger partial charge in [0.15, 0.2) is 0 Å². The van der Waals surface area contributed by atoms with Crippen LogP contribution in [0.15, 0.2) is 30.3 Å². The van der Waals surface area contributed by atoms with Crippen molar-refractivity contribution >= 4 is 5.91 Å². The zero-order chi connectivity index (χ0) is 13.0. The summed E-state index contributed by atoms with van der Waals surface area (Å²) in [6.45, 7) is 3.60. The Labute approximate surface area is 107 Å². The Kier molecular flexibility index (Phi) is 3.96. The molecule has 1 saturated heterocycles. The first-order valence-corrected chi connectivity index (χ1v) is 6.07. The van der Waals surface area contributed by atoms with Crippen molar-refractivity contribution < 1.29 is 9.53 Å². The highest BCUT2D eigenvalue weighted by molar-refractivity contribution is 5.86. The molecule has 2 atom stereocenters. The molecule has 18 heavy (non-hydrogen) atoms. The van der Waals surface area contributed by atoms with E-state index in [0.717, 1.165) is 5.56 Å². The van der Waals surface area contributed by atoms with Gasteiger partial charge in [-0.15, -0.1) is 0 Å². The molecule has 0 bridgehead atoms. The van der Waals surface area contributed by atoms with Gasteiger partial charge < -0.3 is 9.64 Å². The van der Waals surface area contributed by atoms with Crippen molar-refractivity contribution in [3.8, 4) is 6.07 Å². The Morgan fingerprint density at radius 3 is 2.83 bits per heavy atom. The summed E-state index contributed by atoms with van der Waals surface area (Å²) in [5, 5.41) is 9.22. The number of hydrogen-bond acceptors (Lipinski definition) is 3. The summed E-state index contributed by atoms with van der Waals surface area (Å²) in [6, 6.07) is 11.3. The molecule has 0 aliphatic carbocycles. The van der Waals surface area contributed by atoms with Crippen molar-refractivity contribution in [3.63, 3.8) is 0 Å². The third-order valence-corrected chi connectivity index (χ3v) is 3.06. The van der Waals surface area contributed by atoms with Gasteiger partial charge in [0, 0.05) is 13.1 Å². The highest BCUT2D eigenvalue weighted by Gasteiger charge is 2.28. The van der Waals surface area contributed by atoms with Crippen LogP contribution in [0.1, 0.15) is 18.4 Å². The lowest BCUT2D eigenvalue weighted by Gasteiger charge is -2.32. The highest BCUT2D eigenvalue weighted by Crippen LogP contribution is 2.19. The molecule has 1 fully saturated rings. The summed E-state index contributed by atoms with van der Waals surface area (Å²) >= 11 is 0. The average Bonchev–Trinajstić information content (AvgIpc) is 2.41. The largest absolute Gasteiger partial charge is 0.375 e. The van der Waals surface area contributed by atoms with Crippen LogP contribution in [0.2, 0.25) is 0 Å². The van der Waals surface area contributed by atoms with Gasteiger partial charge in [-0.05, 0) is 12.5 Å². The molecule has 1 aliphatic heterocycles. The van der Waals surface area contributed by atoms with Crippen LogP contribution >= 0.6 is 0 Å². The maximum atomic E-state index is 12.3. The SMILES string of the molecule is CC1CN(C(=O)C(C#N)c2ccccc2)CCO1. The lowest BCUT2D eigenvalue weighted by Crippen LogP contribution is -2.46. The quantitative estimate of drug-likeness (QED) is 0.793. The fraction of sp³-hybridized carbons (Fsp3) is 0.429. The topological polar surface area (TPSA) is 53.3 Å². The summed E-state index contributed by atoms with van der Waals surface area (Å²) in [5.41, 5.74) is 0.754. The van der Waals surface area contributed by atoms with Crippen LogP contribution in [0.3, 0.4) is 0 Å². The zero-order valence-electron chi connectivity index (χ0n) is 10.4. The van der Waals surface area contributed by atoms with Crippen LogP contribution in [0, 0.1) is 11.3 Å². The molecule has 94 valence electrons. The fourth-order valence-corrected chi connectivity index (χ4v) is 2.12. The third-order valence-electron chi connectivity index (χ3n) is 3.06. The molecular weight excluding hydrogens is 228 g/mol. The van der Waals surface area contributed by atoms with Crippen LogP contribution in [0.5, 0.6) is 0 Å². The first-order chi connectivity index (χ1) is 8.72. The second-order valence-corrected chi connectivity index (χ2v) is 4.44. The fourth-order valence-electron chi connectivity index (χ4n) is 2.12. The minimum absolute atomic E-state index is 0.0396. The number of hydrogen-bond donors (Lipinski definition) is 0. The molecule has 0 N–H and O–H groups in total. The van der Waals surface area contributed by atoms with E-state index in [0.29, 0.717) is 19.7 Å². The average molecular weight is 244 g/mol. The zero-order valence-corrected chi connectivity index (χ0v) is 10.4. The van der Waals surface area contributed by atoms with Crippen molar-refractivity contribution in [3.05, 3.63) is 35.9 Å². The molecule has 1 aliphatic rings. The molecule has 4 heteroatoms. The minimum atomic E-state index is -0.712. The first kappa shape index (κ1) is 12.6. The lowest BCUT2D eigenvalue weighted by molar-refractivity contribution is -0.138. The number of carbonyl (C=O) groups excluding carboxylic acids is 1. The molecular formula is C14H16N2O2. The van der Waals surface area contributed by atoms with Crippen LogP contribution < -0.4 is 0 Å². The summed E-state index contributed by atoms with van der Waals surface area (Å²) in [5.74, 6) is -0.838. The standard InChI is InChI=1S/C14H16N2O2/c1-11-10-16(7-8-18-11)14(17)13(9-15)12-5-3-2-4-6-12/h2-6,11,13H,7-8,10H2,1H3. The van der Waals surface area contributed by atoms with Crippen molar-refractivity contribution in [1.29, 1.82) is 5.26 Å². The van der Waals surface area contributed by atoms with Gasteiger partial charge in [0.1, 0.15) is 5.92 Å². The Morgan fingerprint density at radius 2 is 2.22 bits per heavy atom. The van der Waals surface area contributed by atoms with Gasteiger partial charge in [0.05, 0.1) is 18.8 Å². The first-order valence-electron chi connectivity index (χ1n) is 6.07. The smallest absolute Gasteiger partial charge is 0.244 e. The molecule has 1 heterocycles. The second-order valence-electron chi connectivity index (χ2n) is 4.44. The number of amides is 1. The summed E-state index contributed by atoms with van der Waals surface area (Å²) in [6.07, 6.45) is 0.0396. The summed E-state index contributed by atoms with van der Waals surface area (Å²) in [4.78, 5) is 14.0. The highest BCUT2D eigenvalue weighted by atomic mass is 16.5. The van der Waals surface area contributed by atoms with Crippen LogP contribution in [0.4, 0.5) is 0 Å². The van der Waals surface area contributed by atoms with Gasteiger partial charge >= 0.3 is 0 Å². The number of benzene rings is 1. The lowest BCUT2D eigenvalue weighted by atomic mass is 9.99. The molecule has 2 unspecified atom stereocenters. The molecule has 0 saturated carbocycles. The number of nitrogens with zero attached hydrogens (tertiary/aromatic N) is 2. The maximum absolute atomic E-state index is 12.3. The van der Waals surface area contributed by atoms with E-state index in [9.17, 15) is 10.1 Å². The predicted octanol–water partition coefficient (Wildman–Crippen LogP) is 1.54. The number of nitriles is 1. The molecule has 1 aromatic carbocycles. The van der Waals surface area contributed by atoms with E-state index in [-0.39, 0.29) is 12.0 Å². The van der Waals surface area contributed by atoms with Gasteiger partial charge in [0.2, 0.25) is 5.91 Å². The van der Waals surface area contributed by atoms with E-state index < -0.39 is 5.92 Å².